The van der Waals surface area contributed by atoms with Crippen molar-refractivity contribution in [2.75, 3.05) is 24.5 Å². The third-order valence-electron chi connectivity index (χ3n) is 5.04. The first-order chi connectivity index (χ1) is 16.6. The van der Waals surface area contributed by atoms with Gasteiger partial charge in [-0.1, -0.05) is 47.0 Å². The van der Waals surface area contributed by atoms with Crippen molar-refractivity contribution in [2.24, 2.45) is 7.05 Å². The van der Waals surface area contributed by atoms with Crippen molar-refractivity contribution >= 4 is 94.1 Å². The molecule has 0 fully saturated rings. The molecule has 0 aliphatic carbocycles. The summed E-state index contributed by atoms with van der Waals surface area (Å²) in [6.07, 6.45) is 17.6. The Morgan fingerprint density at radius 2 is 1.08 bits per heavy atom. The van der Waals surface area contributed by atoms with Crippen LogP contribution in [0.3, 0.4) is 0 Å². The fourth-order valence-electron chi connectivity index (χ4n) is 3.23. The zero-order valence-electron chi connectivity index (χ0n) is 20.4. The Balaban J connectivity index is 0.00000228. The Bertz CT molecular complexity index is 1080. The van der Waals surface area contributed by atoms with Gasteiger partial charge in [-0.05, 0) is 42.1 Å². The van der Waals surface area contributed by atoms with Gasteiger partial charge < -0.3 is 48.0 Å². The van der Waals surface area contributed by atoms with Crippen molar-refractivity contribution in [3.63, 3.8) is 0 Å². The molecule has 0 saturated heterocycles. The molecule has 4 heterocycles. The quantitative estimate of drug-likeness (QED) is 0.202. The second kappa shape index (κ2) is 17.6. The first-order valence-electron chi connectivity index (χ1n) is 10.7. The van der Waals surface area contributed by atoms with Gasteiger partial charge in [-0.2, -0.15) is 0 Å². The van der Waals surface area contributed by atoms with Gasteiger partial charge in [0.15, 0.2) is 24.8 Å². The lowest BCUT2D eigenvalue weighted by Crippen LogP contribution is -3.00. The molecule has 12 heteroatoms. The van der Waals surface area contributed by atoms with E-state index in [1.165, 1.54) is 55.1 Å². The lowest BCUT2D eigenvalue weighted by Gasteiger charge is -2.04. The number of hydrogen-bond acceptors (Lipinski definition) is 8. The Labute approximate surface area is 284 Å². The highest BCUT2D eigenvalue weighted by Gasteiger charge is 2.29. The summed E-state index contributed by atoms with van der Waals surface area (Å²) in [5, 5.41) is 0. The van der Waals surface area contributed by atoms with Gasteiger partial charge >= 0.3 is 0 Å². The Hall–Kier alpha value is 1.78. The summed E-state index contributed by atoms with van der Waals surface area (Å²) in [4.78, 5) is 0. The maximum Gasteiger partial charge on any atom is 0.169 e. The molecule has 0 atom stereocenters. The van der Waals surface area contributed by atoms with Crippen molar-refractivity contribution in [1.29, 1.82) is 0 Å². The van der Waals surface area contributed by atoms with Crippen molar-refractivity contribution in [3.05, 3.63) is 74.5 Å². The second-order valence-electron chi connectivity index (χ2n) is 7.38. The first-order valence-corrected chi connectivity index (χ1v) is 18.7. The fourth-order valence-corrected chi connectivity index (χ4v) is 14.0. The predicted molar refractivity (Wildman–Crippen MR) is 167 cm³/mol. The minimum atomic E-state index is 0. The average molecular weight is 855 g/mol. The van der Waals surface area contributed by atoms with Crippen molar-refractivity contribution < 1.29 is 57.1 Å². The van der Waals surface area contributed by atoms with Gasteiger partial charge in [0.05, 0.1) is 25.4 Å². The van der Waals surface area contributed by atoms with E-state index in [-0.39, 0.29) is 48.0 Å². The summed E-state index contributed by atoms with van der Waals surface area (Å²) < 4.78 is 13.2. The highest BCUT2D eigenvalue weighted by atomic mass is 127. The third-order valence-corrected chi connectivity index (χ3v) is 16.2. The monoisotopic (exact) mass is 854 g/mol. The summed E-state index contributed by atoms with van der Waals surface area (Å²) >= 11 is 15.6. The van der Waals surface area contributed by atoms with E-state index in [1.54, 1.807) is 0 Å². The van der Waals surface area contributed by atoms with Crippen LogP contribution in [0.25, 0.3) is 11.1 Å². The van der Waals surface area contributed by atoms with Crippen LogP contribution in [0.2, 0.25) is 0 Å². The maximum absolute atomic E-state index is 2.31. The van der Waals surface area contributed by atoms with Crippen LogP contribution in [0.15, 0.2) is 74.5 Å². The Morgan fingerprint density at radius 3 is 1.58 bits per heavy atom. The minimum absolute atomic E-state index is 0. The number of pyridine rings is 2. The average Bonchev–Trinajstić information content (AvgIpc) is 3.48. The molecule has 2 aromatic heterocycles. The molecule has 36 heavy (non-hydrogen) atoms. The summed E-state index contributed by atoms with van der Waals surface area (Å²) in [7, 11) is 2.05. The summed E-state index contributed by atoms with van der Waals surface area (Å²) in [5.74, 6) is 1.18. The molecular formula is C24H28I2N2S8. The van der Waals surface area contributed by atoms with E-state index >= 15 is 0 Å². The zero-order chi connectivity index (χ0) is 23.9. The molecule has 0 unspecified atom stereocenters. The van der Waals surface area contributed by atoms with Crippen LogP contribution in [0, 0.1) is 0 Å². The van der Waals surface area contributed by atoms with Crippen LogP contribution in [0.1, 0.15) is 12.8 Å². The molecule has 0 saturated carbocycles. The van der Waals surface area contributed by atoms with Gasteiger partial charge in [0.1, 0.15) is 13.6 Å². The highest BCUT2D eigenvalue weighted by Crippen LogP contribution is 2.65. The van der Waals surface area contributed by atoms with Crippen LogP contribution in [0.5, 0.6) is 0 Å². The summed E-state index contributed by atoms with van der Waals surface area (Å²) in [5.41, 5.74) is 2.54. The van der Waals surface area contributed by atoms with Crippen molar-refractivity contribution in [3.8, 4) is 11.1 Å². The topological polar surface area (TPSA) is 7.76 Å². The van der Waals surface area contributed by atoms with Crippen LogP contribution in [-0.2, 0) is 13.6 Å². The van der Waals surface area contributed by atoms with Crippen LogP contribution >= 0.6 is 94.1 Å². The Kier molecular flexibility index (Phi) is 16.6. The highest BCUT2D eigenvalue weighted by molar-refractivity contribution is 8.44. The smallest absolute Gasteiger partial charge is 0.169 e. The molecule has 2 nitrogen and oxygen atoms in total. The lowest BCUT2D eigenvalue weighted by molar-refractivity contribution is -0.697. The maximum atomic E-state index is 2.31. The summed E-state index contributed by atoms with van der Waals surface area (Å²) in [6.45, 7) is 1.07. The van der Waals surface area contributed by atoms with Gasteiger partial charge in [-0.15, -0.1) is 47.0 Å². The van der Waals surface area contributed by atoms with E-state index < -0.39 is 0 Å². The largest absolute Gasteiger partial charge is 1.00 e. The number of thioether (sulfide) groups is 8. The van der Waals surface area contributed by atoms with Gasteiger partial charge in [0, 0.05) is 30.7 Å². The number of hydrogen-bond donors (Lipinski definition) is 0. The van der Waals surface area contributed by atoms with Gasteiger partial charge in [0.2, 0.25) is 0 Å². The molecule has 0 N–H and O–H groups in total. The molecule has 0 bridgehead atoms. The fraction of sp³-hybridized carbons (Fsp3) is 0.333. The minimum Gasteiger partial charge on any atom is -1.00 e. The molecule has 0 radical (unpaired) electrons. The molecule has 2 aromatic rings. The van der Waals surface area contributed by atoms with Gasteiger partial charge in [0.25, 0.3) is 0 Å². The number of halogens is 2. The van der Waals surface area contributed by atoms with Gasteiger partial charge in [-0.3, -0.25) is 0 Å². The molecule has 0 amide bonds. The molecule has 196 valence electrons. The van der Waals surface area contributed by atoms with Crippen LogP contribution in [-0.4, -0.2) is 24.5 Å². The molecule has 0 aromatic carbocycles. The first kappa shape index (κ1) is 34.0. The molecule has 2 aliphatic heterocycles. The predicted octanol–water partition coefficient (Wildman–Crippen LogP) is 2.42. The molecule has 0 spiro atoms. The molecule has 2 aliphatic rings. The van der Waals surface area contributed by atoms with Gasteiger partial charge in [-0.25, -0.2) is 9.13 Å². The lowest BCUT2D eigenvalue weighted by atomic mass is 10.1. The molecule has 4 rings (SSSR count). The van der Waals surface area contributed by atoms with E-state index in [9.17, 15) is 0 Å². The normalized spacial score (nSPS) is 15.4. The summed E-state index contributed by atoms with van der Waals surface area (Å²) in [6, 6.07) is 8.78. The second-order valence-corrected chi connectivity index (χ2v) is 16.6. The van der Waals surface area contributed by atoms with Crippen LogP contribution < -0.4 is 57.1 Å². The Morgan fingerprint density at radius 1 is 0.639 bits per heavy atom. The molecular weight excluding hydrogens is 827 g/mol. The number of rotatable bonds is 10. The number of unbranched alkanes of at least 4 members (excludes halogenated alkanes) is 1. The van der Waals surface area contributed by atoms with E-state index in [0.717, 1.165) is 6.54 Å². The van der Waals surface area contributed by atoms with Crippen molar-refractivity contribution in [1.82, 2.24) is 0 Å². The van der Waals surface area contributed by atoms with E-state index in [2.05, 4.69) is 77.0 Å². The number of aryl methyl sites for hydroxylation is 2. The van der Waals surface area contributed by atoms with E-state index in [1.807, 2.05) is 101 Å². The third kappa shape index (κ3) is 9.42. The standard InChI is InChI=1S/C24H28N2S8.2HI/c1-25-12-7-17(8-13-25)18-9-14-26(15-10-18)11-5-6-16-30-22-21(29-4)33-24(34-22)23-31-19(27-2)20(28-3)32-23;;/h7-10,12-15H,5-6,11,16H2,1-4H3;2*1H/q+2;;/p-2. The number of nitrogens with zero attached hydrogens (tertiary/aromatic N) is 2. The number of aromatic nitrogens is 2. The SMILES string of the molecule is CSC1=C(SC)SC(=C2SC(SC)=C(SCCCC[n+]3ccc(-c4cc[n+](C)cc4)cc3)S2)S1.[I-].[I-]. The van der Waals surface area contributed by atoms with E-state index in [0.29, 0.717) is 0 Å². The zero-order valence-corrected chi connectivity index (χ0v) is 31.2. The van der Waals surface area contributed by atoms with E-state index in [4.69, 9.17) is 0 Å². The van der Waals surface area contributed by atoms with Crippen LogP contribution in [0.4, 0.5) is 0 Å². The van der Waals surface area contributed by atoms with Crippen molar-refractivity contribution in [2.45, 2.75) is 19.4 Å².